The molecule has 2 rings (SSSR count). The lowest BCUT2D eigenvalue weighted by Crippen LogP contribution is -2.57. The lowest BCUT2D eigenvalue weighted by molar-refractivity contribution is -0.182. The molecular formula is C14H20F3N3O2S. The molecule has 1 aromatic carbocycles. The average Bonchev–Trinajstić information content (AvgIpc) is 2.47. The fourth-order valence-electron chi connectivity index (χ4n) is 2.50. The highest BCUT2D eigenvalue weighted by Crippen LogP contribution is 2.25. The van der Waals surface area contributed by atoms with Crippen LogP contribution in [0.25, 0.3) is 0 Å². The summed E-state index contributed by atoms with van der Waals surface area (Å²) in [6, 6.07) is 4.24. The zero-order valence-corrected chi connectivity index (χ0v) is 13.5. The summed E-state index contributed by atoms with van der Waals surface area (Å²) < 4.78 is 66.2. The van der Waals surface area contributed by atoms with Crippen molar-refractivity contribution in [3.8, 4) is 0 Å². The van der Waals surface area contributed by atoms with Crippen LogP contribution >= 0.6 is 0 Å². The summed E-state index contributed by atoms with van der Waals surface area (Å²) in [7, 11) is -3.97. The molecule has 1 aliphatic rings. The molecule has 2 N–H and O–H groups in total. The molecule has 0 radical (unpaired) electrons. The highest BCUT2D eigenvalue weighted by Gasteiger charge is 2.44. The average molecular weight is 351 g/mol. The van der Waals surface area contributed by atoms with Crippen LogP contribution in [0.1, 0.15) is 5.56 Å². The third-order valence-electron chi connectivity index (χ3n) is 3.74. The maximum Gasteiger partial charge on any atom is 0.405 e. The summed E-state index contributed by atoms with van der Waals surface area (Å²) in [4.78, 5) is 1.23. The van der Waals surface area contributed by atoms with Crippen molar-refractivity contribution in [2.75, 3.05) is 32.7 Å². The monoisotopic (exact) mass is 351 g/mol. The van der Waals surface area contributed by atoms with E-state index in [4.69, 9.17) is 0 Å². The van der Waals surface area contributed by atoms with E-state index in [1.165, 1.54) is 17.0 Å². The minimum atomic E-state index is -4.49. The number of halogens is 3. The Morgan fingerprint density at radius 1 is 1.30 bits per heavy atom. The van der Waals surface area contributed by atoms with E-state index >= 15 is 0 Å². The number of hydrogen-bond acceptors (Lipinski definition) is 4. The fraction of sp³-hybridized carbons (Fsp3) is 0.571. The smallest absolute Gasteiger partial charge is 0.314 e. The van der Waals surface area contributed by atoms with Crippen molar-refractivity contribution in [3.05, 3.63) is 29.8 Å². The van der Waals surface area contributed by atoms with E-state index in [0.717, 1.165) is 5.56 Å². The third-order valence-corrected chi connectivity index (χ3v) is 5.16. The Morgan fingerprint density at radius 3 is 2.52 bits per heavy atom. The summed E-state index contributed by atoms with van der Waals surface area (Å²) >= 11 is 0. The number of sulfonamides is 1. The Balaban J connectivity index is 2.11. The van der Waals surface area contributed by atoms with Crippen LogP contribution in [0.3, 0.4) is 0 Å². The molecule has 0 aliphatic carbocycles. The minimum Gasteiger partial charge on any atom is -0.314 e. The van der Waals surface area contributed by atoms with Gasteiger partial charge in [0.2, 0.25) is 10.0 Å². The van der Waals surface area contributed by atoms with E-state index in [1.54, 1.807) is 19.1 Å². The number of benzene rings is 1. The number of piperazine rings is 1. The van der Waals surface area contributed by atoms with Crippen LogP contribution in [-0.4, -0.2) is 58.3 Å². The molecule has 1 saturated heterocycles. The van der Waals surface area contributed by atoms with Gasteiger partial charge in [-0.05, 0) is 24.6 Å². The van der Waals surface area contributed by atoms with Gasteiger partial charge in [-0.25, -0.2) is 13.1 Å². The summed E-state index contributed by atoms with van der Waals surface area (Å²) in [6.45, 7) is 2.40. The molecule has 1 aromatic rings. The predicted molar refractivity (Wildman–Crippen MR) is 80.7 cm³/mol. The fourth-order valence-corrected chi connectivity index (χ4v) is 3.64. The highest BCUT2D eigenvalue weighted by molar-refractivity contribution is 7.89. The van der Waals surface area contributed by atoms with Crippen LogP contribution < -0.4 is 10.0 Å². The second-order valence-corrected chi connectivity index (χ2v) is 7.28. The highest BCUT2D eigenvalue weighted by atomic mass is 32.2. The van der Waals surface area contributed by atoms with Gasteiger partial charge in [-0.2, -0.15) is 13.2 Å². The molecule has 0 spiro atoms. The number of rotatable bonds is 5. The van der Waals surface area contributed by atoms with E-state index in [2.05, 4.69) is 10.0 Å². The molecule has 23 heavy (non-hydrogen) atoms. The Hall–Kier alpha value is -1.16. The summed E-state index contributed by atoms with van der Waals surface area (Å²) in [5, 5.41) is 2.98. The second-order valence-electron chi connectivity index (χ2n) is 5.51. The van der Waals surface area contributed by atoms with Crippen molar-refractivity contribution in [1.29, 1.82) is 0 Å². The maximum absolute atomic E-state index is 13.2. The minimum absolute atomic E-state index is 0.0289. The number of aryl methyl sites for hydroxylation is 1. The number of nitrogens with one attached hydrogen (secondary N) is 2. The van der Waals surface area contributed by atoms with Crippen LogP contribution in [0.5, 0.6) is 0 Å². The van der Waals surface area contributed by atoms with Crippen LogP contribution in [0.15, 0.2) is 29.2 Å². The van der Waals surface area contributed by atoms with Gasteiger partial charge in [0.15, 0.2) is 0 Å². The van der Waals surface area contributed by atoms with Gasteiger partial charge in [0.1, 0.15) is 6.04 Å². The van der Waals surface area contributed by atoms with Gasteiger partial charge in [-0.1, -0.05) is 12.1 Å². The SMILES string of the molecule is Cc1cccc(S(=O)(=O)NCC(N2CCNCC2)C(F)(F)F)c1. The molecule has 1 unspecified atom stereocenters. The first-order valence-electron chi connectivity index (χ1n) is 7.28. The molecule has 1 heterocycles. The first kappa shape index (κ1) is 18.2. The first-order chi connectivity index (χ1) is 10.7. The van der Waals surface area contributed by atoms with Crippen LogP contribution in [-0.2, 0) is 10.0 Å². The van der Waals surface area contributed by atoms with E-state index in [1.807, 2.05) is 0 Å². The van der Waals surface area contributed by atoms with Gasteiger partial charge in [0, 0.05) is 32.7 Å². The normalized spacial score (nSPS) is 18.8. The van der Waals surface area contributed by atoms with Gasteiger partial charge >= 0.3 is 6.18 Å². The summed E-state index contributed by atoms with van der Waals surface area (Å²) in [5.41, 5.74) is 0.724. The van der Waals surface area contributed by atoms with E-state index in [-0.39, 0.29) is 18.0 Å². The van der Waals surface area contributed by atoms with Crippen molar-refractivity contribution >= 4 is 10.0 Å². The zero-order chi connectivity index (χ0) is 17.1. The Kier molecular flexibility index (Phi) is 5.66. The van der Waals surface area contributed by atoms with Crippen molar-refractivity contribution in [2.45, 2.75) is 24.0 Å². The largest absolute Gasteiger partial charge is 0.405 e. The first-order valence-corrected chi connectivity index (χ1v) is 8.76. The molecule has 1 aliphatic heterocycles. The van der Waals surface area contributed by atoms with Gasteiger partial charge < -0.3 is 5.32 Å². The molecule has 1 fully saturated rings. The standard InChI is InChI=1S/C14H20F3N3O2S/c1-11-3-2-4-12(9-11)23(21,22)19-10-13(14(15,16)17)20-7-5-18-6-8-20/h2-4,9,13,18-19H,5-8,10H2,1H3. The van der Waals surface area contributed by atoms with Crippen molar-refractivity contribution < 1.29 is 21.6 Å². The van der Waals surface area contributed by atoms with Crippen molar-refractivity contribution in [2.24, 2.45) is 0 Å². The second kappa shape index (κ2) is 7.16. The Morgan fingerprint density at radius 2 is 1.96 bits per heavy atom. The summed E-state index contributed by atoms with van der Waals surface area (Å²) in [6.07, 6.45) is -4.49. The molecule has 0 aromatic heterocycles. The third kappa shape index (κ3) is 4.90. The lowest BCUT2D eigenvalue weighted by Gasteiger charge is -2.35. The molecule has 9 heteroatoms. The summed E-state index contributed by atoms with van der Waals surface area (Å²) in [5.74, 6) is 0. The maximum atomic E-state index is 13.2. The molecule has 1 atom stereocenters. The van der Waals surface area contributed by atoms with E-state index in [9.17, 15) is 21.6 Å². The number of nitrogens with zero attached hydrogens (tertiary/aromatic N) is 1. The van der Waals surface area contributed by atoms with Gasteiger partial charge in [-0.15, -0.1) is 0 Å². The number of alkyl halides is 3. The molecule has 0 amide bonds. The van der Waals surface area contributed by atoms with Crippen molar-refractivity contribution in [1.82, 2.24) is 14.9 Å². The molecule has 0 bridgehead atoms. The lowest BCUT2D eigenvalue weighted by atomic mass is 10.2. The van der Waals surface area contributed by atoms with Gasteiger partial charge in [0.25, 0.3) is 0 Å². The van der Waals surface area contributed by atoms with Crippen LogP contribution in [0, 0.1) is 6.92 Å². The molecule has 0 saturated carbocycles. The van der Waals surface area contributed by atoms with E-state index in [0.29, 0.717) is 13.1 Å². The molecule has 130 valence electrons. The predicted octanol–water partition coefficient (Wildman–Crippen LogP) is 1.11. The van der Waals surface area contributed by atoms with Gasteiger partial charge in [-0.3, -0.25) is 4.90 Å². The van der Waals surface area contributed by atoms with Crippen LogP contribution in [0.4, 0.5) is 13.2 Å². The Bertz CT molecular complexity index is 628. The molecular weight excluding hydrogens is 331 g/mol. The quantitative estimate of drug-likeness (QED) is 0.834. The Labute approximate surface area is 133 Å². The topological polar surface area (TPSA) is 61.4 Å². The van der Waals surface area contributed by atoms with Crippen molar-refractivity contribution in [3.63, 3.8) is 0 Å². The molecule has 5 nitrogen and oxygen atoms in total. The van der Waals surface area contributed by atoms with E-state index < -0.39 is 28.8 Å². The zero-order valence-electron chi connectivity index (χ0n) is 12.7. The van der Waals surface area contributed by atoms with Crippen LogP contribution in [0.2, 0.25) is 0 Å². The number of hydrogen-bond donors (Lipinski definition) is 2. The van der Waals surface area contributed by atoms with Gasteiger partial charge in [0.05, 0.1) is 4.90 Å².